The van der Waals surface area contributed by atoms with Gasteiger partial charge < -0.3 is 4.74 Å². The minimum Gasteiger partial charge on any atom is -0.379 e. The molecule has 2 aromatic rings. The molecule has 1 saturated heterocycles. The molecule has 3 nitrogen and oxygen atoms in total. The van der Waals surface area contributed by atoms with Gasteiger partial charge in [-0.1, -0.05) is 36.4 Å². The first-order valence-electron chi connectivity index (χ1n) is 7.69. The summed E-state index contributed by atoms with van der Waals surface area (Å²) in [6.45, 7) is 4.91. The highest BCUT2D eigenvalue weighted by molar-refractivity contribution is 5.28. The van der Waals surface area contributed by atoms with Crippen molar-refractivity contribution in [2.75, 3.05) is 32.8 Å². The van der Waals surface area contributed by atoms with Crippen LogP contribution in [0.3, 0.4) is 0 Å². The number of hydrogen-bond acceptors (Lipinski definition) is 3. The number of hydrogen-bond donors (Lipinski definition) is 0. The van der Waals surface area contributed by atoms with Crippen molar-refractivity contribution in [3.63, 3.8) is 0 Å². The van der Waals surface area contributed by atoms with Gasteiger partial charge in [0.15, 0.2) is 0 Å². The van der Waals surface area contributed by atoms with Gasteiger partial charge in [0.05, 0.1) is 13.2 Å². The molecule has 3 heteroatoms. The second kappa shape index (κ2) is 7.34. The Labute approximate surface area is 126 Å². The Morgan fingerprint density at radius 3 is 2.48 bits per heavy atom. The fourth-order valence-electron chi connectivity index (χ4n) is 2.89. The summed E-state index contributed by atoms with van der Waals surface area (Å²) >= 11 is 0. The Kier molecular flexibility index (Phi) is 4.98. The lowest BCUT2D eigenvalue weighted by molar-refractivity contribution is 0.0369. The second-order valence-corrected chi connectivity index (χ2v) is 5.46. The van der Waals surface area contributed by atoms with Crippen LogP contribution in [0.5, 0.6) is 0 Å². The van der Waals surface area contributed by atoms with Crippen molar-refractivity contribution in [2.45, 2.75) is 12.3 Å². The summed E-state index contributed by atoms with van der Waals surface area (Å²) in [6.07, 6.45) is 2.99. The summed E-state index contributed by atoms with van der Waals surface area (Å²) in [4.78, 5) is 7.06. The van der Waals surface area contributed by atoms with Gasteiger partial charge in [-0.25, -0.2) is 0 Å². The van der Waals surface area contributed by atoms with Crippen LogP contribution in [0, 0.1) is 0 Å². The van der Waals surface area contributed by atoms with Crippen molar-refractivity contribution in [1.29, 1.82) is 0 Å². The van der Waals surface area contributed by atoms with Crippen LogP contribution in [0.4, 0.5) is 0 Å². The molecule has 3 rings (SSSR count). The molecule has 1 aliphatic rings. The van der Waals surface area contributed by atoms with Gasteiger partial charge in [-0.2, -0.15) is 0 Å². The van der Waals surface area contributed by atoms with Crippen LogP contribution in [-0.4, -0.2) is 42.7 Å². The predicted molar refractivity (Wildman–Crippen MR) is 84.4 cm³/mol. The molecule has 1 aliphatic heterocycles. The number of rotatable bonds is 5. The zero-order chi connectivity index (χ0) is 14.3. The molecule has 21 heavy (non-hydrogen) atoms. The maximum Gasteiger partial charge on any atom is 0.0594 e. The Bertz CT molecular complexity index is 484. The third kappa shape index (κ3) is 3.90. The van der Waals surface area contributed by atoms with E-state index < -0.39 is 0 Å². The van der Waals surface area contributed by atoms with E-state index >= 15 is 0 Å². The molecule has 1 unspecified atom stereocenters. The average Bonchev–Trinajstić information content (AvgIpc) is 2.58. The second-order valence-electron chi connectivity index (χ2n) is 5.46. The van der Waals surface area contributed by atoms with Gasteiger partial charge in [0.25, 0.3) is 0 Å². The number of aromatic nitrogens is 1. The number of nitrogens with zero attached hydrogens (tertiary/aromatic N) is 2. The number of benzene rings is 1. The van der Waals surface area contributed by atoms with E-state index in [4.69, 9.17) is 4.74 Å². The maximum atomic E-state index is 5.42. The van der Waals surface area contributed by atoms with Gasteiger partial charge in [-0.3, -0.25) is 9.88 Å². The van der Waals surface area contributed by atoms with Crippen LogP contribution >= 0.6 is 0 Å². The quantitative estimate of drug-likeness (QED) is 0.843. The highest BCUT2D eigenvalue weighted by Gasteiger charge is 2.18. The predicted octanol–water partition coefficient (Wildman–Crippen LogP) is 2.94. The van der Waals surface area contributed by atoms with E-state index in [1.54, 1.807) is 0 Å². The lowest BCUT2D eigenvalue weighted by Crippen LogP contribution is -2.37. The van der Waals surface area contributed by atoms with Gasteiger partial charge in [-0.05, 0) is 30.7 Å². The van der Waals surface area contributed by atoms with Crippen molar-refractivity contribution in [3.8, 4) is 0 Å². The fourth-order valence-corrected chi connectivity index (χ4v) is 2.89. The molecule has 1 aromatic carbocycles. The van der Waals surface area contributed by atoms with Crippen molar-refractivity contribution in [3.05, 3.63) is 66.0 Å². The summed E-state index contributed by atoms with van der Waals surface area (Å²) in [5.74, 6) is 0.371. The molecule has 0 amide bonds. The van der Waals surface area contributed by atoms with Gasteiger partial charge in [-0.15, -0.1) is 0 Å². The molecule has 2 heterocycles. The minimum absolute atomic E-state index is 0.371. The maximum absolute atomic E-state index is 5.42. The van der Waals surface area contributed by atoms with Crippen LogP contribution < -0.4 is 0 Å². The zero-order valence-corrected chi connectivity index (χ0v) is 12.3. The number of pyridine rings is 1. The van der Waals surface area contributed by atoms with E-state index in [1.165, 1.54) is 5.56 Å². The molecule has 0 N–H and O–H groups in total. The average molecular weight is 282 g/mol. The normalized spacial score (nSPS) is 17.5. The monoisotopic (exact) mass is 282 g/mol. The van der Waals surface area contributed by atoms with Crippen molar-refractivity contribution in [1.82, 2.24) is 9.88 Å². The topological polar surface area (TPSA) is 25.4 Å². The summed E-state index contributed by atoms with van der Waals surface area (Å²) in [5, 5.41) is 0. The standard InChI is InChI=1S/C18H22N2O/c1-2-6-16(7-3-1)17(18-8-4-5-10-19-18)9-11-20-12-14-21-15-13-20/h1-8,10,17H,9,11-15H2. The molecular formula is C18H22N2O. The van der Waals surface area contributed by atoms with Crippen molar-refractivity contribution >= 4 is 0 Å². The minimum atomic E-state index is 0.371. The molecular weight excluding hydrogens is 260 g/mol. The summed E-state index contributed by atoms with van der Waals surface area (Å²) in [6, 6.07) is 16.9. The molecule has 110 valence electrons. The summed E-state index contributed by atoms with van der Waals surface area (Å²) < 4.78 is 5.42. The van der Waals surface area contributed by atoms with Gasteiger partial charge in [0.1, 0.15) is 0 Å². The number of ether oxygens (including phenoxy) is 1. The SMILES string of the molecule is c1ccc(C(CCN2CCOCC2)c2ccccn2)cc1. The largest absolute Gasteiger partial charge is 0.379 e. The lowest BCUT2D eigenvalue weighted by atomic mass is 9.92. The van der Waals surface area contributed by atoms with Crippen molar-refractivity contribution in [2.24, 2.45) is 0 Å². The van der Waals surface area contributed by atoms with Crippen LogP contribution in [0.15, 0.2) is 54.7 Å². The molecule has 1 fully saturated rings. The van der Waals surface area contributed by atoms with E-state index in [1.807, 2.05) is 12.3 Å². The van der Waals surface area contributed by atoms with Gasteiger partial charge in [0, 0.05) is 30.9 Å². The highest BCUT2D eigenvalue weighted by atomic mass is 16.5. The Morgan fingerprint density at radius 2 is 1.76 bits per heavy atom. The lowest BCUT2D eigenvalue weighted by Gasteiger charge is -2.28. The molecule has 1 aromatic heterocycles. The number of morpholine rings is 1. The van der Waals surface area contributed by atoms with Gasteiger partial charge in [0.2, 0.25) is 0 Å². The molecule has 0 aliphatic carbocycles. The van der Waals surface area contributed by atoms with E-state index in [0.717, 1.165) is 45.0 Å². The Balaban J connectivity index is 1.73. The zero-order valence-electron chi connectivity index (χ0n) is 12.3. The Hall–Kier alpha value is -1.71. The van der Waals surface area contributed by atoms with Crippen LogP contribution in [-0.2, 0) is 4.74 Å². The first kappa shape index (κ1) is 14.2. The summed E-state index contributed by atoms with van der Waals surface area (Å²) in [7, 11) is 0. The third-order valence-electron chi connectivity index (χ3n) is 4.08. The van der Waals surface area contributed by atoms with E-state index in [0.29, 0.717) is 5.92 Å². The summed E-state index contributed by atoms with van der Waals surface area (Å²) in [5.41, 5.74) is 2.52. The van der Waals surface area contributed by atoms with E-state index in [2.05, 4.69) is 52.3 Å². The van der Waals surface area contributed by atoms with Crippen LogP contribution in [0.1, 0.15) is 23.6 Å². The molecule has 1 atom stereocenters. The highest BCUT2D eigenvalue weighted by Crippen LogP contribution is 2.26. The van der Waals surface area contributed by atoms with Crippen molar-refractivity contribution < 1.29 is 4.74 Å². The first-order chi connectivity index (χ1) is 10.4. The smallest absolute Gasteiger partial charge is 0.0594 e. The fraction of sp³-hybridized carbons (Fsp3) is 0.389. The molecule has 0 bridgehead atoms. The van der Waals surface area contributed by atoms with Crippen LogP contribution in [0.25, 0.3) is 0 Å². The molecule has 0 spiro atoms. The third-order valence-corrected chi connectivity index (χ3v) is 4.08. The van der Waals surface area contributed by atoms with E-state index in [-0.39, 0.29) is 0 Å². The van der Waals surface area contributed by atoms with E-state index in [9.17, 15) is 0 Å². The molecule has 0 saturated carbocycles. The Morgan fingerprint density at radius 1 is 1.00 bits per heavy atom. The van der Waals surface area contributed by atoms with Gasteiger partial charge >= 0.3 is 0 Å². The molecule has 0 radical (unpaired) electrons. The first-order valence-corrected chi connectivity index (χ1v) is 7.69. The van der Waals surface area contributed by atoms with Crippen LogP contribution in [0.2, 0.25) is 0 Å².